The van der Waals surface area contributed by atoms with Crippen LogP contribution in [0.15, 0.2) is 121 Å². The van der Waals surface area contributed by atoms with E-state index in [2.05, 4.69) is 153 Å². The number of benzene rings is 4. The molecule has 0 radical (unpaired) electrons. The SMILES string of the molecule is CC[Si](CC)(CC)OC1(c2ccc([Si](C)(C)Cc3ccccc3O)cc2)C=CC(O[Si](CC)(CC)CC)(c2ccc([Si](C)(C)Cc3ccccc3O)cc2)C=C1. The summed E-state index contributed by atoms with van der Waals surface area (Å²) in [7, 11) is -8.02. The van der Waals surface area contributed by atoms with Gasteiger partial charge in [0, 0.05) is 0 Å². The van der Waals surface area contributed by atoms with Crippen LogP contribution >= 0.6 is 0 Å². The Kier molecular flexibility index (Phi) is 13.9. The standard InChI is InChI=1S/C48H68O4Si4/c1-11-55(12-2,13-3)51-47(41-25-29-43(30-26-41)53(7,8)37-39-21-17-19-23-45(39)49)33-35-48(36-34-47,52-56(14-4,15-5)16-6)42-27-31-44(32-28-42)54(9,10)38-40-22-18-20-24-46(40)50/h17-36,49-50H,11-16,37-38H2,1-10H3. The molecule has 4 aromatic carbocycles. The fourth-order valence-electron chi connectivity index (χ4n) is 8.74. The van der Waals surface area contributed by atoms with Crippen molar-refractivity contribution >= 4 is 43.2 Å². The van der Waals surface area contributed by atoms with Gasteiger partial charge < -0.3 is 19.1 Å². The summed E-state index contributed by atoms with van der Waals surface area (Å²) in [6.45, 7) is 23.4. The van der Waals surface area contributed by atoms with E-state index < -0.39 is 44.0 Å². The first-order chi connectivity index (χ1) is 26.6. The van der Waals surface area contributed by atoms with Crippen molar-refractivity contribution in [1.82, 2.24) is 0 Å². The van der Waals surface area contributed by atoms with E-state index in [1.807, 2.05) is 24.3 Å². The third kappa shape index (κ3) is 9.21. The van der Waals surface area contributed by atoms with E-state index in [0.29, 0.717) is 11.5 Å². The lowest BCUT2D eigenvalue weighted by Gasteiger charge is -2.46. The van der Waals surface area contributed by atoms with Crippen LogP contribution in [0, 0.1) is 0 Å². The van der Waals surface area contributed by atoms with Gasteiger partial charge in [0.15, 0.2) is 16.6 Å². The molecular weight excluding hydrogens is 753 g/mol. The molecule has 0 unspecified atom stereocenters. The van der Waals surface area contributed by atoms with E-state index >= 15 is 0 Å². The molecule has 0 aromatic heterocycles. The van der Waals surface area contributed by atoms with Gasteiger partial charge in [-0.05, 0) is 107 Å². The van der Waals surface area contributed by atoms with Gasteiger partial charge in [-0.3, -0.25) is 0 Å². The zero-order valence-electron chi connectivity index (χ0n) is 35.9. The summed E-state index contributed by atoms with van der Waals surface area (Å²) in [4.78, 5) is 0. The lowest BCUT2D eigenvalue weighted by atomic mass is 9.82. The zero-order valence-corrected chi connectivity index (χ0v) is 39.9. The first-order valence-corrected chi connectivity index (χ1v) is 32.6. The molecule has 0 fully saturated rings. The Balaban J connectivity index is 1.58. The molecule has 0 atom stereocenters. The van der Waals surface area contributed by atoms with Gasteiger partial charge >= 0.3 is 0 Å². The highest BCUT2D eigenvalue weighted by Gasteiger charge is 2.46. The number of phenolic OH excluding ortho intramolecular Hbond substituents is 2. The number of phenols is 2. The van der Waals surface area contributed by atoms with Crippen molar-refractivity contribution < 1.29 is 19.1 Å². The van der Waals surface area contributed by atoms with Crippen LogP contribution in [0.5, 0.6) is 11.5 Å². The number of hydrogen-bond donors (Lipinski definition) is 2. The largest absolute Gasteiger partial charge is 0.508 e. The van der Waals surface area contributed by atoms with Gasteiger partial charge in [-0.15, -0.1) is 0 Å². The minimum atomic E-state index is -2.09. The Morgan fingerprint density at radius 3 is 0.982 bits per heavy atom. The molecule has 2 N–H and O–H groups in total. The Hall–Kier alpha value is -3.25. The second kappa shape index (κ2) is 17.7. The van der Waals surface area contributed by atoms with Crippen molar-refractivity contribution in [2.75, 3.05) is 0 Å². The summed E-state index contributed by atoms with van der Waals surface area (Å²) in [5.41, 5.74) is 2.94. The number of hydrogen-bond acceptors (Lipinski definition) is 4. The van der Waals surface area contributed by atoms with Crippen LogP contribution in [-0.4, -0.2) is 43.0 Å². The van der Waals surface area contributed by atoms with Crippen molar-refractivity contribution in [3.8, 4) is 11.5 Å². The Morgan fingerprint density at radius 2 is 0.714 bits per heavy atom. The van der Waals surface area contributed by atoms with Gasteiger partial charge in [-0.2, -0.15) is 0 Å². The fraction of sp³-hybridized carbons (Fsp3) is 0.417. The third-order valence-corrected chi connectivity index (χ3v) is 28.9. The van der Waals surface area contributed by atoms with Crippen molar-refractivity contribution in [3.63, 3.8) is 0 Å². The van der Waals surface area contributed by atoms with Crippen molar-refractivity contribution in [2.24, 2.45) is 0 Å². The minimum Gasteiger partial charge on any atom is -0.508 e. The monoisotopic (exact) mass is 820 g/mol. The van der Waals surface area contributed by atoms with E-state index in [1.54, 1.807) is 12.1 Å². The van der Waals surface area contributed by atoms with E-state index in [1.165, 1.54) is 10.4 Å². The predicted octanol–water partition coefficient (Wildman–Crippen LogP) is 11.8. The van der Waals surface area contributed by atoms with Gasteiger partial charge in [0.2, 0.25) is 0 Å². The summed E-state index contributed by atoms with van der Waals surface area (Å²) in [6.07, 6.45) is 9.33. The van der Waals surface area contributed by atoms with Crippen LogP contribution in [0.2, 0.25) is 62.5 Å². The summed E-state index contributed by atoms with van der Waals surface area (Å²) in [5.74, 6) is 0.767. The van der Waals surface area contributed by atoms with Crippen LogP contribution in [0.1, 0.15) is 63.8 Å². The van der Waals surface area contributed by atoms with Crippen molar-refractivity contribution in [1.29, 1.82) is 0 Å². The molecule has 8 heteroatoms. The first-order valence-electron chi connectivity index (χ1n) is 21.2. The molecule has 0 aliphatic heterocycles. The Bertz CT molecular complexity index is 1790. The van der Waals surface area contributed by atoms with Crippen molar-refractivity contribution in [2.45, 2.75) is 127 Å². The maximum Gasteiger partial charge on any atom is 0.194 e. The maximum absolute atomic E-state index is 10.6. The average molecular weight is 821 g/mol. The molecular formula is C48H68O4Si4. The molecule has 5 rings (SSSR count). The van der Waals surface area contributed by atoms with E-state index in [4.69, 9.17) is 8.85 Å². The summed E-state index contributed by atoms with van der Waals surface area (Å²) in [6, 6.07) is 42.1. The second-order valence-electron chi connectivity index (χ2n) is 17.5. The van der Waals surface area contributed by atoms with Gasteiger partial charge in [-0.1, -0.05) is 163 Å². The fourth-order valence-corrected chi connectivity index (χ4v) is 19.6. The summed E-state index contributed by atoms with van der Waals surface area (Å²) < 4.78 is 15.2. The lowest BCUT2D eigenvalue weighted by molar-refractivity contribution is 0.121. The number of aromatic hydroxyl groups is 2. The predicted molar refractivity (Wildman–Crippen MR) is 249 cm³/mol. The zero-order chi connectivity index (χ0) is 40.8. The molecule has 300 valence electrons. The van der Waals surface area contributed by atoms with E-state index in [-0.39, 0.29) is 0 Å². The smallest absolute Gasteiger partial charge is 0.194 e. The quantitative estimate of drug-likeness (QED) is 0.0775. The molecule has 1 aliphatic carbocycles. The van der Waals surface area contributed by atoms with Gasteiger partial charge in [0.05, 0.1) is 16.1 Å². The van der Waals surface area contributed by atoms with Crippen molar-refractivity contribution in [3.05, 3.63) is 144 Å². The summed E-state index contributed by atoms with van der Waals surface area (Å²) >= 11 is 0. The normalized spacial score (nSPS) is 19.0. The van der Waals surface area contributed by atoms with Gasteiger partial charge in [0.25, 0.3) is 0 Å². The highest BCUT2D eigenvalue weighted by Crippen LogP contribution is 2.45. The topological polar surface area (TPSA) is 58.9 Å². The number of para-hydroxylation sites is 2. The molecule has 1 aliphatic rings. The molecule has 0 heterocycles. The second-order valence-corrected chi connectivity index (χ2v) is 36.3. The molecule has 0 spiro atoms. The molecule has 4 aromatic rings. The van der Waals surface area contributed by atoms with Crippen LogP contribution in [-0.2, 0) is 32.1 Å². The van der Waals surface area contributed by atoms with E-state index in [0.717, 1.165) is 70.6 Å². The first kappa shape index (κ1) is 43.9. The highest BCUT2D eigenvalue weighted by molar-refractivity contribution is 6.89. The molecule has 0 saturated heterocycles. The summed E-state index contributed by atoms with van der Waals surface area (Å²) in [5, 5.41) is 23.9. The Morgan fingerprint density at radius 1 is 0.429 bits per heavy atom. The molecule has 56 heavy (non-hydrogen) atoms. The van der Waals surface area contributed by atoms with Gasteiger partial charge in [0.1, 0.15) is 22.7 Å². The third-order valence-electron chi connectivity index (χ3n) is 13.3. The maximum atomic E-state index is 10.6. The number of rotatable bonds is 18. The highest BCUT2D eigenvalue weighted by atomic mass is 28.4. The van der Waals surface area contributed by atoms with Gasteiger partial charge in [-0.25, -0.2) is 0 Å². The lowest BCUT2D eigenvalue weighted by Crippen LogP contribution is -2.49. The Labute approximate surface area is 343 Å². The van der Waals surface area contributed by atoms with Crippen LogP contribution in [0.25, 0.3) is 0 Å². The van der Waals surface area contributed by atoms with Crippen LogP contribution in [0.4, 0.5) is 0 Å². The molecule has 0 bridgehead atoms. The minimum absolute atomic E-state index is 0.384. The van der Waals surface area contributed by atoms with Crippen LogP contribution < -0.4 is 10.4 Å². The molecule has 0 saturated carbocycles. The van der Waals surface area contributed by atoms with Crippen LogP contribution in [0.3, 0.4) is 0 Å². The average Bonchev–Trinajstić information content (AvgIpc) is 3.21. The molecule has 4 nitrogen and oxygen atoms in total. The molecule has 0 amide bonds. The van der Waals surface area contributed by atoms with E-state index in [9.17, 15) is 10.2 Å².